The topological polar surface area (TPSA) is 134 Å². The summed E-state index contributed by atoms with van der Waals surface area (Å²) < 4.78 is 25.1. The molecule has 4 rings (SSSR count). The van der Waals surface area contributed by atoms with Gasteiger partial charge in [0.05, 0.1) is 18.7 Å². The molecule has 0 aromatic heterocycles. The maximum atomic E-state index is 14.6. The Morgan fingerprint density at radius 3 is 2.18 bits per heavy atom. The van der Waals surface area contributed by atoms with Gasteiger partial charge in [-0.2, -0.15) is 0 Å². The van der Waals surface area contributed by atoms with Gasteiger partial charge in [0.25, 0.3) is 5.91 Å². The third-order valence-electron chi connectivity index (χ3n) is 6.40. The molecule has 11 heteroatoms. The van der Waals surface area contributed by atoms with Gasteiger partial charge >= 0.3 is 5.97 Å². The number of aromatic hydroxyl groups is 2. The molecule has 1 aliphatic heterocycles. The standard InChI is InChI=1S/C28H27FN2O7.ClH/c1-14-10-18(11-15(2)25(14)33)27(35)31-19-12-30-13-22(19)38-28(36)17-6-4-16(5-7-17)26(34)23-20(32)8-9-21(37-3)24(23)29;/h4-11,19,22,30,32-33H,12-13H2,1-3H3,(H,31,35);1H. The Morgan fingerprint density at radius 1 is 0.949 bits per heavy atom. The number of benzene rings is 3. The van der Waals surface area contributed by atoms with Crippen LogP contribution in [0.2, 0.25) is 0 Å². The molecule has 2 atom stereocenters. The summed E-state index contributed by atoms with van der Waals surface area (Å²) in [6.45, 7) is 4.13. The SMILES string of the molecule is COc1ccc(O)c(C(=O)c2ccc(C(=O)OC3CNCC3NC(=O)c3cc(C)c(O)c(C)c3)cc2)c1F.Cl. The summed E-state index contributed by atoms with van der Waals surface area (Å²) in [4.78, 5) is 38.4. The van der Waals surface area contributed by atoms with Crippen molar-refractivity contribution >= 4 is 30.1 Å². The second-order valence-electron chi connectivity index (χ2n) is 9.02. The highest BCUT2D eigenvalue weighted by molar-refractivity contribution is 6.11. The van der Waals surface area contributed by atoms with E-state index in [0.717, 1.165) is 6.07 Å². The van der Waals surface area contributed by atoms with E-state index in [9.17, 15) is 29.0 Å². The number of carbonyl (C=O) groups excluding carboxylic acids is 3. The Bertz CT molecular complexity index is 1390. The molecule has 1 heterocycles. The van der Waals surface area contributed by atoms with Gasteiger partial charge in [-0.25, -0.2) is 9.18 Å². The molecule has 1 saturated heterocycles. The van der Waals surface area contributed by atoms with E-state index in [0.29, 0.717) is 29.8 Å². The number of hydrogen-bond donors (Lipinski definition) is 4. The van der Waals surface area contributed by atoms with E-state index < -0.39 is 41.0 Å². The number of phenols is 2. The minimum atomic E-state index is -0.986. The van der Waals surface area contributed by atoms with Crippen molar-refractivity contribution in [1.29, 1.82) is 0 Å². The first kappa shape index (κ1) is 29.4. The molecule has 0 bridgehead atoms. The lowest BCUT2D eigenvalue weighted by Gasteiger charge is -2.21. The maximum absolute atomic E-state index is 14.6. The quantitative estimate of drug-likeness (QED) is 0.256. The van der Waals surface area contributed by atoms with Gasteiger partial charge in [0.1, 0.15) is 23.2 Å². The number of aryl methyl sites for hydroxylation is 2. The van der Waals surface area contributed by atoms with Crippen LogP contribution < -0.4 is 15.4 Å². The Hall–Kier alpha value is -4.15. The van der Waals surface area contributed by atoms with E-state index in [4.69, 9.17) is 9.47 Å². The summed E-state index contributed by atoms with van der Waals surface area (Å²) in [6, 6.07) is 10.4. The van der Waals surface area contributed by atoms with Gasteiger partial charge in [-0.1, -0.05) is 12.1 Å². The molecule has 3 aromatic rings. The third kappa shape index (κ3) is 6.13. The van der Waals surface area contributed by atoms with Crippen molar-refractivity contribution in [3.8, 4) is 17.2 Å². The van der Waals surface area contributed by atoms with Crippen molar-refractivity contribution in [3.63, 3.8) is 0 Å². The molecule has 1 aliphatic rings. The number of ether oxygens (including phenoxy) is 2. The Kier molecular flexibility index (Phi) is 9.15. The number of rotatable bonds is 7. The van der Waals surface area contributed by atoms with Crippen molar-refractivity contribution in [3.05, 3.63) is 87.7 Å². The number of methoxy groups -OCH3 is 1. The van der Waals surface area contributed by atoms with Crippen molar-refractivity contribution in [1.82, 2.24) is 10.6 Å². The van der Waals surface area contributed by atoms with Gasteiger partial charge in [0.15, 0.2) is 17.3 Å². The summed E-state index contributed by atoms with van der Waals surface area (Å²) in [5, 5.41) is 25.9. The normalized spacial score (nSPS) is 16.2. The third-order valence-corrected chi connectivity index (χ3v) is 6.40. The molecule has 39 heavy (non-hydrogen) atoms. The Balaban J connectivity index is 0.00000420. The highest BCUT2D eigenvalue weighted by Crippen LogP contribution is 2.30. The molecule has 4 N–H and O–H groups in total. The number of hydrogen-bond acceptors (Lipinski definition) is 8. The monoisotopic (exact) mass is 558 g/mol. The summed E-state index contributed by atoms with van der Waals surface area (Å²) in [5.74, 6) is -3.37. The van der Waals surface area contributed by atoms with E-state index in [2.05, 4.69) is 10.6 Å². The number of phenolic OH excluding ortho intramolecular Hbond substituents is 2. The van der Waals surface area contributed by atoms with Crippen molar-refractivity contribution in [2.75, 3.05) is 20.2 Å². The van der Waals surface area contributed by atoms with Crippen LogP contribution >= 0.6 is 12.4 Å². The van der Waals surface area contributed by atoms with E-state index in [1.54, 1.807) is 26.0 Å². The number of amides is 1. The highest BCUT2D eigenvalue weighted by atomic mass is 35.5. The lowest BCUT2D eigenvalue weighted by atomic mass is 10.00. The van der Waals surface area contributed by atoms with Crippen LogP contribution in [0.1, 0.15) is 47.8 Å². The molecule has 0 spiro atoms. The van der Waals surface area contributed by atoms with E-state index in [-0.39, 0.29) is 40.9 Å². The first-order valence-corrected chi connectivity index (χ1v) is 11.8. The van der Waals surface area contributed by atoms with Crippen molar-refractivity contribution in [2.24, 2.45) is 0 Å². The lowest BCUT2D eigenvalue weighted by molar-refractivity contribution is 0.0283. The van der Waals surface area contributed by atoms with Gasteiger partial charge in [0, 0.05) is 24.2 Å². The molecule has 9 nitrogen and oxygen atoms in total. The second-order valence-corrected chi connectivity index (χ2v) is 9.02. The zero-order chi connectivity index (χ0) is 27.6. The number of carbonyl (C=O) groups is 3. The largest absolute Gasteiger partial charge is 0.507 e. The first-order valence-electron chi connectivity index (χ1n) is 11.8. The summed E-state index contributed by atoms with van der Waals surface area (Å²) in [6.07, 6.45) is -0.644. The molecule has 206 valence electrons. The zero-order valence-corrected chi connectivity index (χ0v) is 22.2. The van der Waals surface area contributed by atoms with Crippen LogP contribution in [0.3, 0.4) is 0 Å². The number of nitrogens with one attached hydrogen (secondary N) is 2. The number of ketones is 1. The summed E-state index contributed by atoms with van der Waals surface area (Å²) in [7, 11) is 1.25. The van der Waals surface area contributed by atoms with Crippen LogP contribution in [0, 0.1) is 19.7 Å². The number of esters is 1. The van der Waals surface area contributed by atoms with Crippen LogP contribution in [0.15, 0.2) is 48.5 Å². The molecule has 2 unspecified atom stereocenters. The van der Waals surface area contributed by atoms with Gasteiger partial charge in [-0.05, 0) is 61.4 Å². The fourth-order valence-corrected chi connectivity index (χ4v) is 4.29. The predicted octanol–water partition coefficient (Wildman–Crippen LogP) is 3.44. The molecular weight excluding hydrogens is 531 g/mol. The summed E-state index contributed by atoms with van der Waals surface area (Å²) >= 11 is 0. The minimum absolute atomic E-state index is 0. The van der Waals surface area contributed by atoms with Crippen LogP contribution in [-0.4, -0.2) is 60.2 Å². The first-order chi connectivity index (χ1) is 18.1. The van der Waals surface area contributed by atoms with Crippen LogP contribution in [0.4, 0.5) is 4.39 Å². The smallest absolute Gasteiger partial charge is 0.338 e. The average Bonchev–Trinajstić information content (AvgIpc) is 3.33. The molecule has 0 saturated carbocycles. The molecule has 0 aliphatic carbocycles. The van der Waals surface area contributed by atoms with Crippen molar-refractivity contribution < 1.29 is 38.5 Å². The predicted molar refractivity (Wildman–Crippen MR) is 143 cm³/mol. The van der Waals surface area contributed by atoms with Crippen LogP contribution in [-0.2, 0) is 4.74 Å². The second kappa shape index (κ2) is 12.1. The average molecular weight is 559 g/mol. The highest BCUT2D eigenvalue weighted by Gasteiger charge is 2.32. The molecular formula is C28H28ClFN2O7. The molecule has 1 fully saturated rings. The van der Waals surface area contributed by atoms with E-state index in [1.807, 2.05) is 0 Å². The van der Waals surface area contributed by atoms with Crippen LogP contribution in [0.5, 0.6) is 17.2 Å². The zero-order valence-electron chi connectivity index (χ0n) is 21.4. The summed E-state index contributed by atoms with van der Waals surface area (Å²) in [5.41, 5.74) is 1.21. The minimum Gasteiger partial charge on any atom is -0.507 e. The van der Waals surface area contributed by atoms with Crippen LogP contribution in [0.25, 0.3) is 0 Å². The van der Waals surface area contributed by atoms with Crippen molar-refractivity contribution in [2.45, 2.75) is 26.0 Å². The fourth-order valence-electron chi connectivity index (χ4n) is 4.29. The lowest BCUT2D eigenvalue weighted by Crippen LogP contribution is -2.44. The van der Waals surface area contributed by atoms with Gasteiger partial charge in [0.2, 0.25) is 0 Å². The fraction of sp³-hybridized carbons (Fsp3) is 0.250. The van der Waals surface area contributed by atoms with Gasteiger partial charge in [-0.15, -0.1) is 12.4 Å². The van der Waals surface area contributed by atoms with E-state index in [1.165, 1.54) is 37.4 Å². The Morgan fingerprint density at radius 2 is 1.56 bits per heavy atom. The molecule has 1 amide bonds. The van der Waals surface area contributed by atoms with Gasteiger partial charge < -0.3 is 30.3 Å². The maximum Gasteiger partial charge on any atom is 0.338 e. The number of halogens is 2. The molecule has 0 radical (unpaired) electrons. The van der Waals surface area contributed by atoms with E-state index >= 15 is 0 Å². The molecule has 3 aromatic carbocycles. The Labute approximate surface area is 230 Å². The van der Waals surface area contributed by atoms with Gasteiger partial charge in [-0.3, -0.25) is 9.59 Å².